The first kappa shape index (κ1) is 14.1. The summed E-state index contributed by atoms with van der Waals surface area (Å²) in [4.78, 5) is 0. The minimum Gasteiger partial charge on any atom is -0.406 e. The van der Waals surface area contributed by atoms with E-state index in [0.29, 0.717) is 18.8 Å². The zero-order valence-corrected chi connectivity index (χ0v) is 10.2. The van der Waals surface area contributed by atoms with Crippen LogP contribution in [-0.2, 0) is 4.74 Å². The molecule has 0 saturated carbocycles. The summed E-state index contributed by atoms with van der Waals surface area (Å²) in [5, 5.41) is 10.2. The number of aliphatic hydroxyl groups is 1. The maximum Gasteiger partial charge on any atom is 0.573 e. The van der Waals surface area contributed by atoms with Gasteiger partial charge in [0.15, 0.2) is 0 Å². The summed E-state index contributed by atoms with van der Waals surface area (Å²) in [6.45, 7) is 1.09. The van der Waals surface area contributed by atoms with Crippen LogP contribution in [0.25, 0.3) is 0 Å². The molecule has 1 aromatic carbocycles. The van der Waals surface area contributed by atoms with Gasteiger partial charge in [0.05, 0.1) is 12.7 Å². The van der Waals surface area contributed by atoms with Crippen LogP contribution in [0.15, 0.2) is 24.3 Å². The highest BCUT2D eigenvalue weighted by atomic mass is 19.4. The van der Waals surface area contributed by atoms with Crippen LogP contribution in [0.1, 0.15) is 24.5 Å². The Kier molecular flexibility index (Phi) is 4.31. The lowest BCUT2D eigenvalue weighted by molar-refractivity contribution is -0.274. The lowest BCUT2D eigenvalue weighted by Crippen LogP contribution is -2.24. The Morgan fingerprint density at radius 2 is 2.16 bits per heavy atom. The first-order valence-corrected chi connectivity index (χ1v) is 6.07. The highest BCUT2D eigenvalue weighted by Gasteiger charge is 2.31. The zero-order chi connectivity index (χ0) is 13.9. The number of ether oxygens (including phenoxy) is 2. The van der Waals surface area contributed by atoms with Crippen molar-refractivity contribution >= 4 is 0 Å². The highest BCUT2D eigenvalue weighted by molar-refractivity contribution is 5.30. The minimum atomic E-state index is -4.72. The predicted octanol–water partition coefficient (Wildman–Crippen LogP) is 3.05. The van der Waals surface area contributed by atoms with Gasteiger partial charge in [0.2, 0.25) is 0 Å². The van der Waals surface area contributed by atoms with Gasteiger partial charge in [-0.3, -0.25) is 0 Å². The number of alkyl halides is 3. The summed E-state index contributed by atoms with van der Waals surface area (Å²) < 4.78 is 45.5. The van der Waals surface area contributed by atoms with E-state index in [0.717, 1.165) is 12.8 Å². The van der Waals surface area contributed by atoms with E-state index in [2.05, 4.69) is 4.74 Å². The third-order valence-corrected chi connectivity index (χ3v) is 3.08. The lowest BCUT2D eigenvalue weighted by Gasteiger charge is -2.27. The minimum absolute atomic E-state index is 0.0881. The first-order valence-electron chi connectivity index (χ1n) is 6.07. The number of halogens is 3. The van der Waals surface area contributed by atoms with Crippen molar-refractivity contribution in [1.29, 1.82) is 0 Å². The van der Waals surface area contributed by atoms with Gasteiger partial charge >= 0.3 is 6.36 Å². The standard InChI is InChI=1S/C13H15F3O3/c14-13(15,16)19-11-5-1-3-9(7-11)12(17)10-4-2-6-18-8-10/h1,3,5,7,10,12,17H,2,4,6,8H2. The van der Waals surface area contributed by atoms with Crippen molar-refractivity contribution in [3.05, 3.63) is 29.8 Å². The summed E-state index contributed by atoms with van der Waals surface area (Å²) >= 11 is 0. The van der Waals surface area contributed by atoms with Gasteiger partial charge < -0.3 is 14.6 Å². The molecule has 19 heavy (non-hydrogen) atoms. The number of benzene rings is 1. The van der Waals surface area contributed by atoms with Gasteiger partial charge in [0, 0.05) is 12.5 Å². The summed E-state index contributed by atoms with van der Waals surface area (Å²) in [6.07, 6.45) is -3.92. The summed E-state index contributed by atoms with van der Waals surface area (Å²) in [7, 11) is 0. The lowest BCUT2D eigenvalue weighted by atomic mass is 9.91. The van der Waals surface area contributed by atoms with Crippen LogP contribution < -0.4 is 4.74 Å². The normalized spacial score (nSPS) is 22.0. The van der Waals surface area contributed by atoms with Crippen molar-refractivity contribution in [2.24, 2.45) is 5.92 Å². The Morgan fingerprint density at radius 3 is 2.79 bits per heavy atom. The number of hydrogen-bond acceptors (Lipinski definition) is 3. The molecule has 0 amide bonds. The van der Waals surface area contributed by atoms with E-state index in [9.17, 15) is 18.3 Å². The molecule has 1 saturated heterocycles. The molecular weight excluding hydrogens is 261 g/mol. The Labute approximate surface area is 108 Å². The third kappa shape index (κ3) is 4.11. The topological polar surface area (TPSA) is 38.7 Å². The zero-order valence-electron chi connectivity index (χ0n) is 10.2. The molecule has 0 aromatic heterocycles. The second-order valence-corrected chi connectivity index (χ2v) is 4.54. The SMILES string of the molecule is OC(c1cccc(OC(F)(F)F)c1)C1CCCOC1. The average Bonchev–Trinajstić information content (AvgIpc) is 2.37. The second kappa shape index (κ2) is 5.79. The quantitative estimate of drug-likeness (QED) is 0.922. The molecule has 3 nitrogen and oxygen atoms in total. The molecule has 2 atom stereocenters. The summed E-state index contributed by atoms with van der Waals surface area (Å²) in [6, 6.07) is 5.44. The van der Waals surface area contributed by atoms with E-state index in [-0.39, 0.29) is 11.7 Å². The van der Waals surface area contributed by atoms with Crippen molar-refractivity contribution in [2.45, 2.75) is 25.3 Å². The molecular formula is C13H15F3O3. The van der Waals surface area contributed by atoms with Crippen LogP contribution in [0.5, 0.6) is 5.75 Å². The molecule has 6 heteroatoms. The summed E-state index contributed by atoms with van der Waals surface area (Å²) in [5.41, 5.74) is 0.414. The fourth-order valence-corrected chi connectivity index (χ4v) is 2.18. The van der Waals surface area contributed by atoms with Crippen LogP contribution in [0, 0.1) is 5.92 Å². The van der Waals surface area contributed by atoms with Crippen LogP contribution in [0.2, 0.25) is 0 Å². The molecule has 2 rings (SSSR count). The molecule has 0 bridgehead atoms. The average molecular weight is 276 g/mol. The smallest absolute Gasteiger partial charge is 0.406 e. The number of aliphatic hydroxyl groups excluding tert-OH is 1. The van der Waals surface area contributed by atoms with Crippen LogP contribution in [0.3, 0.4) is 0 Å². The van der Waals surface area contributed by atoms with Gasteiger partial charge in [-0.05, 0) is 30.5 Å². The van der Waals surface area contributed by atoms with Crippen molar-refractivity contribution in [3.8, 4) is 5.75 Å². The third-order valence-electron chi connectivity index (χ3n) is 3.08. The molecule has 1 heterocycles. The molecule has 1 N–H and O–H groups in total. The Bertz CT molecular complexity index is 414. The molecule has 1 aliphatic heterocycles. The van der Waals surface area contributed by atoms with Gasteiger partial charge in [-0.1, -0.05) is 12.1 Å². The Morgan fingerprint density at radius 1 is 1.37 bits per heavy atom. The van der Waals surface area contributed by atoms with Crippen LogP contribution in [-0.4, -0.2) is 24.7 Å². The molecule has 2 unspecified atom stereocenters. The van der Waals surface area contributed by atoms with E-state index in [1.165, 1.54) is 18.2 Å². The summed E-state index contributed by atoms with van der Waals surface area (Å²) in [5.74, 6) is -0.407. The van der Waals surface area contributed by atoms with Gasteiger partial charge in [0.1, 0.15) is 5.75 Å². The number of rotatable bonds is 3. The maximum atomic E-state index is 12.1. The molecule has 1 aliphatic rings. The Balaban J connectivity index is 2.09. The second-order valence-electron chi connectivity index (χ2n) is 4.54. The molecule has 0 spiro atoms. The Hall–Kier alpha value is -1.27. The van der Waals surface area contributed by atoms with Crippen LogP contribution in [0.4, 0.5) is 13.2 Å². The fraction of sp³-hybridized carbons (Fsp3) is 0.538. The molecule has 0 aliphatic carbocycles. The van der Waals surface area contributed by atoms with E-state index in [1.54, 1.807) is 6.07 Å². The maximum absolute atomic E-state index is 12.1. The molecule has 0 radical (unpaired) electrons. The monoisotopic (exact) mass is 276 g/mol. The van der Waals surface area contributed by atoms with Crippen molar-refractivity contribution in [3.63, 3.8) is 0 Å². The van der Waals surface area contributed by atoms with Crippen molar-refractivity contribution < 1.29 is 27.8 Å². The van der Waals surface area contributed by atoms with E-state index < -0.39 is 12.5 Å². The molecule has 1 aromatic rings. The van der Waals surface area contributed by atoms with E-state index in [4.69, 9.17) is 4.74 Å². The van der Waals surface area contributed by atoms with Crippen molar-refractivity contribution in [1.82, 2.24) is 0 Å². The first-order chi connectivity index (χ1) is 8.96. The van der Waals surface area contributed by atoms with Crippen molar-refractivity contribution in [2.75, 3.05) is 13.2 Å². The highest BCUT2D eigenvalue weighted by Crippen LogP contribution is 2.31. The number of hydrogen-bond donors (Lipinski definition) is 1. The van der Waals surface area contributed by atoms with Gasteiger partial charge in [0.25, 0.3) is 0 Å². The van der Waals surface area contributed by atoms with Gasteiger partial charge in [-0.15, -0.1) is 13.2 Å². The fourth-order valence-electron chi connectivity index (χ4n) is 2.18. The van der Waals surface area contributed by atoms with Gasteiger partial charge in [-0.25, -0.2) is 0 Å². The van der Waals surface area contributed by atoms with E-state index >= 15 is 0 Å². The van der Waals surface area contributed by atoms with Crippen LogP contribution >= 0.6 is 0 Å². The predicted molar refractivity (Wildman–Crippen MR) is 61.6 cm³/mol. The van der Waals surface area contributed by atoms with E-state index in [1.807, 2.05) is 0 Å². The molecule has 106 valence electrons. The largest absolute Gasteiger partial charge is 0.573 e. The molecule has 1 fully saturated rings. The van der Waals surface area contributed by atoms with Gasteiger partial charge in [-0.2, -0.15) is 0 Å².